The molecule has 0 unspecified atom stereocenters. The van der Waals surface area contributed by atoms with Crippen molar-refractivity contribution in [2.75, 3.05) is 12.4 Å². The third kappa shape index (κ3) is 3.51. The van der Waals surface area contributed by atoms with Crippen molar-refractivity contribution in [1.29, 1.82) is 0 Å². The maximum Gasteiger partial charge on any atom is 0.339 e. The number of nitro groups is 1. The van der Waals surface area contributed by atoms with Gasteiger partial charge in [0, 0.05) is 13.1 Å². The van der Waals surface area contributed by atoms with Crippen LogP contribution in [-0.2, 0) is 9.53 Å². The van der Waals surface area contributed by atoms with Gasteiger partial charge in [0.05, 0.1) is 10.5 Å². The van der Waals surface area contributed by atoms with Gasteiger partial charge in [-0.1, -0.05) is 0 Å². The molecule has 0 bridgehead atoms. The number of nitro benzene ring substituents is 1. The Hall–Kier alpha value is -2.44. The van der Waals surface area contributed by atoms with Gasteiger partial charge >= 0.3 is 5.97 Å². The first-order valence-corrected chi connectivity index (χ1v) is 5.54. The standard InChI is InChI=1S/C12H14N2O5/c1-7(15)8(2)19-12(16)9-4-5-10(13-3)11(6-9)14(17)18/h4-6,8,13H,1-3H3/t8-/m1/s1. The number of Topliss-reactive ketones (excluding diaryl/α,β-unsaturated/α-hetero) is 1. The van der Waals surface area contributed by atoms with E-state index >= 15 is 0 Å². The number of anilines is 1. The summed E-state index contributed by atoms with van der Waals surface area (Å²) >= 11 is 0. The minimum Gasteiger partial charge on any atom is -0.451 e. The number of carbonyl (C=O) groups is 2. The zero-order chi connectivity index (χ0) is 14.6. The third-order valence-corrected chi connectivity index (χ3v) is 2.56. The van der Waals surface area contributed by atoms with Gasteiger partial charge in [-0.2, -0.15) is 0 Å². The Morgan fingerprint density at radius 1 is 1.42 bits per heavy atom. The van der Waals surface area contributed by atoms with E-state index in [4.69, 9.17) is 4.74 Å². The molecule has 7 heteroatoms. The van der Waals surface area contributed by atoms with E-state index in [9.17, 15) is 19.7 Å². The van der Waals surface area contributed by atoms with Gasteiger partial charge in [0.2, 0.25) is 0 Å². The summed E-state index contributed by atoms with van der Waals surface area (Å²) in [6, 6.07) is 3.92. The van der Waals surface area contributed by atoms with Gasteiger partial charge in [-0.05, 0) is 26.0 Å². The first kappa shape index (κ1) is 14.6. The van der Waals surface area contributed by atoms with Crippen LogP contribution in [0, 0.1) is 10.1 Å². The summed E-state index contributed by atoms with van der Waals surface area (Å²) in [5.74, 6) is -1.07. The molecule has 0 fully saturated rings. The van der Waals surface area contributed by atoms with Crippen LogP contribution in [0.1, 0.15) is 24.2 Å². The van der Waals surface area contributed by atoms with Gasteiger partial charge in [-0.3, -0.25) is 14.9 Å². The summed E-state index contributed by atoms with van der Waals surface area (Å²) in [4.78, 5) is 33.0. The van der Waals surface area contributed by atoms with E-state index in [0.29, 0.717) is 5.69 Å². The fraction of sp³-hybridized carbons (Fsp3) is 0.333. The first-order chi connectivity index (χ1) is 8.86. The number of ether oxygens (including phenoxy) is 1. The van der Waals surface area contributed by atoms with Crippen LogP contribution < -0.4 is 5.32 Å². The lowest BCUT2D eigenvalue weighted by Crippen LogP contribution is -2.21. The maximum atomic E-state index is 11.7. The quantitative estimate of drug-likeness (QED) is 0.495. The molecule has 0 saturated carbocycles. The molecule has 1 aromatic carbocycles. The van der Waals surface area contributed by atoms with Crippen LogP contribution in [0.2, 0.25) is 0 Å². The summed E-state index contributed by atoms with van der Waals surface area (Å²) in [6.45, 7) is 2.74. The smallest absolute Gasteiger partial charge is 0.339 e. The maximum absolute atomic E-state index is 11.7. The molecule has 0 amide bonds. The first-order valence-electron chi connectivity index (χ1n) is 5.54. The molecule has 0 spiro atoms. The summed E-state index contributed by atoms with van der Waals surface area (Å²) in [6.07, 6.45) is -0.879. The second-order valence-corrected chi connectivity index (χ2v) is 3.90. The molecular weight excluding hydrogens is 252 g/mol. The van der Waals surface area contributed by atoms with Crippen molar-refractivity contribution in [3.63, 3.8) is 0 Å². The van der Waals surface area contributed by atoms with E-state index < -0.39 is 17.0 Å². The van der Waals surface area contributed by atoms with Crippen molar-refractivity contribution in [3.05, 3.63) is 33.9 Å². The number of benzene rings is 1. The molecule has 0 aliphatic carbocycles. The third-order valence-electron chi connectivity index (χ3n) is 2.56. The van der Waals surface area contributed by atoms with Crippen molar-refractivity contribution in [1.82, 2.24) is 0 Å². The highest BCUT2D eigenvalue weighted by Gasteiger charge is 2.20. The Balaban J connectivity index is 3.02. The van der Waals surface area contributed by atoms with Crippen molar-refractivity contribution in [2.45, 2.75) is 20.0 Å². The minimum absolute atomic E-state index is 0.0267. The number of nitrogens with one attached hydrogen (secondary N) is 1. The molecule has 0 heterocycles. The second kappa shape index (κ2) is 5.94. The largest absolute Gasteiger partial charge is 0.451 e. The van der Waals surface area contributed by atoms with Gasteiger partial charge < -0.3 is 10.1 Å². The van der Waals surface area contributed by atoms with Crippen molar-refractivity contribution in [3.8, 4) is 0 Å². The van der Waals surface area contributed by atoms with Crippen molar-refractivity contribution in [2.24, 2.45) is 0 Å². The molecule has 0 radical (unpaired) electrons. The predicted octanol–water partition coefficient (Wildman–Crippen LogP) is 1.77. The summed E-state index contributed by atoms with van der Waals surface area (Å²) in [5.41, 5.74) is 0.0902. The second-order valence-electron chi connectivity index (χ2n) is 3.90. The average Bonchev–Trinajstić information content (AvgIpc) is 2.37. The molecule has 0 aromatic heterocycles. The molecule has 1 N–H and O–H groups in total. The number of rotatable bonds is 5. The fourth-order valence-corrected chi connectivity index (χ4v) is 1.33. The molecule has 0 aliphatic rings. The van der Waals surface area contributed by atoms with Gasteiger partial charge in [0.1, 0.15) is 5.69 Å². The Morgan fingerprint density at radius 2 is 2.05 bits per heavy atom. The van der Waals surface area contributed by atoms with Crippen LogP contribution in [-0.4, -0.2) is 29.8 Å². The molecule has 1 rings (SSSR count). The van der Waals surface area contributed by atoms with Crippen LogP contribution in [0.4, 0.5) is 11.4 Å². The zero-order valence-corrected chi connectivity index (χ0v) is 10.8. The highest BCUT2D eigenvalue weighted by molar-refractivity contribution is 5.93. The molecule has 19 heavy (non-hydrogen) atoms. The SMILES string of the molecule is CNc1ccc(C(=O)O[C@H](C)C(C)=O)cc1[N+](=O)[O-]. The molecule has 0 saturated heterocycles. The van der Waals surface area contributed by atoms with Gasteiger partial charge in [0.15, 0.2) is 11.9 Å². The number of carbonyl (C=O) groups excluding carboxylic acids is 2. The van der Waals surface area contributed by atoms with E-state index in [-0.39, 0.29) is 17.0 Å². The number of esters is 1. The fourth-order valence-electron chi connectivity index (χ4n) is 1.33. The van der Waals surface area contributed by atoms with Crippen LogP contribution in [0.15, 0.2) is 18.2 Å². The monoisotopic (exact) mass is 266 g/mol. The van der Waals surface area contributed by atoms with E-state index in [1.165, 1.54) is 33.0 Å². The molecule has 1 aromatic rings. The number of hydrogen-bond donors (Lipinski definition) is 1. The Labute approximate surface area is 109 Å². The van der Waals surface area contributed by atoms with Gasteiger partial charge in [-0.25, -0.2) is 4.79 Å². The molecule has 1 atom stereocenters. The van der Waals surface area contributed by atoms with Crippen LogP contribution in [0.3, 0.4) is 0 Å². The normalized spacial score (nSPS) is 11.5. The van der Waals surface area contributed by atoms with Gasteiger partial charge in [0.25, 0.3) is 5.69 Å². The van der Waals surface area contributed by atoms with Crippen molar-refractivity contribution < 1.29 is 19.2 Å². The lowest BCUT2D eigenvalue weighted by Gasteiger charge is -2.10. The lowest BCUT2D eigenvalue weighted by molar-refractivity contribution is -0.384. The molecule has 0 aliphatic heterocycles. The van der Waals surface area contributed by atoms with E-state index in [1.54, 1.807) is 0 Å². The topological polar surface area (TPSA) is 98.5 Å². The Bertz CT molecular complexity index is 527. The highest BCUT2D eigenvalue weighted by atomic mass is 16.6. The molecule has 7 nitrogen and oxygen atoms in total. The van der Waals surface area contributed by atoms with E-state index in [0.717, 1.165) is 6.07 Å². The Morgan fingerprint density at radius 3 is 2.53 bits per heavy atom. The number of hydrogen-bond acceptors (Lipinski definition) is 6. The van der Waals surface area contributed by atoms with Crippen LogP contribution in [0.5, 0.6) is 0 Å². The average molecular weight is 266 g/mol. The van der Waals surface area contributed by atoms with Crippen LogP contribution in [0.25, 0.3) is 0 Å². The van der Waals surface area contributed by atoms with Crippen LogP contribution >= 0.6 is 0 Å². The highest BCUT2D eigenvalue weighted by Crippen LogP contribution is 2.25. The zero-order valence-electron chi connectivity index (χ0n) is 10.8. The van der Waals surface area contributed by atoms with E-state index in [2.05, 4.69) is 5.32 Å². The molecular formula is C12H14N2O5. The summed E-state index contributed by atoms with van der Waals surface area (Å²) < 4.78 is 4.87. The van der Waals surface area contributed by atoms with Crippen molar-refractivity contribution >= 4 is 23.1 Å². The Kier molecular flexibility index (Phi) is 4.57. The lowest BCUT2D eigenvalue weighted by atomic mass is 10.1. The number of nitrogens with zero attached hydrogens (tertiary/aromatic N) is 1. The number of ketones is 1. The summed E-state index contributed by atoms with van der Waals surface area (Å²) in [7, 11) is 1.54. The van der Waals surface area contributed by atoms with Gasteiger partial charge in [-0.15, -0.1) is 0 Å². The predicted molar refractivity (Wildman–Crippen MR) is 68.2 cm³/mol. The van der Waals surface area contributed by atoms with E-state index in [1.807, 2.05) is 0 Å². The summed E-state index contributed by atoms with van der Waals surface area (Å²) in [5, 5.41) is 13.5. The molecule has 102 valence electrons. The minimum atomic E-state index is -0.879.